The Kier molecular flexibility index (Phi) is 8.07. The number of carbonyl (C=O) groups is 3. The van der Waals surface area contributed by atoms with Gasteiger partial charge < -0.3 is 26.2 Å². The number of aliphatic hydroxyl groups excluding tert-OH is 2. The number of nitrogens with zero attached hydrogens (tertiary/aromatic N) is 1. The van der Waals surface area contributed by atoms with Gasteiger partial charge in [-0.3, -0.25) is 19.3 Å². The number of aliphatic hydroxyl groups is 3. The molecule has 5 unspecified atom stereocenters. The molecule has 44 heavy (non-hydrogen) atoms. The van der Waals surface area contributed by atoms with Crippen LogP contribution >= 0.6 is 0 Å². The predicted octanol–water partition coefficient (Wildman–Crippen LogP) is 4.17. The molecule has 3 aliphatic rings. The molecule has 0 saturated heterocycles. The summed E-state index contributed by atoms with van der Waals surface area (Å²) in [5, 5.41) is 45.2. The van der Waals surface area contributed by atoms with Gasteiger partial charge in [0.25, 0.3) is 5.91 Å². The van der Waals surface area contributed by atoms with E-state index in [9.17, 15) is 34.8 Å². The molecule has 1 saturated carbocycles. The second-order valence-corrected chi connectivity index (χ2v) is 12.8. The number of allylic oxidation sites excluding steroid dienone is 1. The second-order valence-electron chi connectivity index (χ2n) is 12.8. The van der Waals surface area contributed by atoms with Crippen LogP contribution in [0.4, 0.5) is 0 Å². The molecule has 232 valence electrons. The van der Waals surface area contributed by atoms with E-state index in [2.05, 4.69) is 20.4 Å². The lowest BCUT2D eigenvalue weighted by Crippen LogP contribution is -2.65. The standard InChI is InChI=1S/C35H40N2O7/c1-6-17(2)13-18(3)14-19-7-9-20(10-8-19)22-11-12-25(38)27-23(22)15-21-16-24-29(37(4)5)31(40)28(34(36)43)33(42)35(24,44)32(41)26(21)30(27)39/h7-12,17,21,24,29,38-39,42,44H,3,6,13-16H2,1-2,4-5H3,(H2,36,43). The van der Waals surface area contributed by atoms with Crippen molar-refractivity contribution in [3.8, 4) is 16.9 Å². The Morgan fingerprint density at radius 1 is 1.11 bits per heavy atom. The fourth-order valence-electron chi connectivity index (χ4n) is 7.31. The number of phenolic OH excluding ortho intramolecular Hbond substituents is 1. The predicted molar refractivity (Wildman–Crippen MR) is 167 cm³/mol. The minimum atomic E-state index is -2.66. The Bertz CT molecular complexity index is 1630. The molecule has 2 aromatic carbocycles. The molecule has 0 radical (unpaired) electrons. The summed E-state index contributed by atoms with van der Waals surface area (Å²) < 4.78 is 0. The second kappa shape index (κ2) is 11.4. The Labute approximate surface area is 257 Å². The highest BCUT2D eigenvalue weighted by Crippen LogP contribution is 2.53. The normalized spacial score (nSPS) is 25.5. The smallest absolute Gasteiger partial charge is 0.255 e. The summed E-state index contributed by atoms with van der Waals surface area (Å²) in [6.45, 7) is 8.62. The molecule has 2 aromatic rings. The molecule has 9 heteroatoms. The van der Waals surface area contributed by atoms with E-state index in [0.717, 1.165) is 36.0 Å². The number of carbonyl (C=O) groups excluding carboxylic acids is 3. The van der Waals surface area contributed by atoms with E-state index in [-0.39, 0.29) is 29.7 Å². The number of fused-ring (bicyclic) bond motifs is 3. The van der Waals surface area contributed by atoms with Gasteiger partial charge >= 0.3 is 0 Å². The lowest BCUT2D eigenvalue weighted by Gasteiger charge is -2.50. The Balaban J connectivity index is 1.58. The number of rotatable bonds is 8. The zero-order valence-corrected chi connectivity index (χ0v) is 25.6. The Morgan fingerprint density at radius 3 is 2.36 bits per heavy atom. The summed E-state index contributed by atoms with van der Waals surface area (Å²) in [5.41, 5.74) is 6.35. The van der Waals surface area contributed by atoms with Gasteiger partial charge in [-0.2, -0.15) is 0 Å². The molecule has 3 aliphatic carbocycles. The molecule has 0 aliphatic heterocycles. The van der Waals surface area contributed by atoms with Gasteiger partial charge in [-0.15, -0.1) is 0 Å². The number of benzene rings is 2. The number of Topliss-reactive ketones (excluding diaryl/α,β-unsaturated/α-hetero) is 2. The van der Waals surface area contributed by atoms with Crippen LogP contribution in [0.15, 0.2) is 65.5 Å². The Hall–Kier alpha value is -4.21. The average molecular weight is 601 g/mol. The van der Waals surface area contributed by atoms with Crippen LogP contribution in [-0.2, 0) is 27.2 Å². The summed E-state index contributed by atoms with van der Waals surface area (Å²) in [7, 11) is 3.15. The molecular formula is C35H40N2O7. The van der Waals surface area contributed by atoms with Crippen molar-refractivity contribution in [1.29, 1.82) is 0 Å². The van der Waals surface area contributed by atoms with Crippen LogP contribution < -0.4 is 5.73 Å². The molecule has 1 fully saturated rings. The molecule has 1 amide bonds. The zero-order chi connectivity index (χ0) is 32.2. The van der Waals surface area contributed by atoms with Gasteiger partial charge in [-0.05, 0) is 79.9 Å². The molecule has 9 nitrogen and oxygen atoms in total. The SMILES string of the molecule is C=C(Cc1ccc(-c2ccc(O)c3c2CC2CC4C(N(C)C)C(=O)C(C(N)=O)=C(O)C4(O)C(=O)C2=C3O)cc1)CC(C)CC. The maximum Gasteiger partial charge on any atom is 0.255 e. The van der Waals surface area contributed by atoms with Crippen molar-refractivity contribution in [2.45, 2.75) is 57.6 Å². The minimum Gasteiger partial charge on any atom is -0.508 e. The van der Waals surface area contributed by atoms with E-state index < -0.39 is 58.0 Å². The summed E-state index contributed by atoms with van der Waals surface area (Å²) in [4.78, 5) is 41.0. The lowest BCUT2D eigenvalue weighted by molar-refractivity contribution is -0.153. The van der Waals surface area contributed by atoms with Crippen molar-refractivity contribution < 1.29 is 34.8 Å². The molecule has 6 N–H and O–H groups in total. The summed E-state index contributed by atoms with van der Waals surface area (Å²) >= 11 is 0. The number of nitrogens with two attached hydrogens (primary N) is 1. The van der Waals surface area contributed by atoms with E-state index in [4.69, 9.17) is 5.73 Å². The van der Waals surface area contributed by atoms with Crippen LogP contribution in [0.5, 0.6) is 5.75 Å². The number of primary amides is 1. The van der Waals surface area contributed by atoms with E-state index in [1.807, 2.05) is 24.3 Å². The van der Waals surface area contributed by atoms with Crippen LogP contribution in [0.25, 0.3) is 16.9 Å². The van der Waals surface area contributed by atoms with Crippen LogP contribution in [0.3, 0.4) is 0 Å². The largest absolute Gasteiger partial charge is 0.508 e. The van der Waals surface area contributed by atoms with Gasteiger partial charge in [0, 0.05) is 11.5 Å². The van der Waals surface area contributed by atoms with Crippen molar-refractivity contribution in [2.24, 2.45) is 23.5 Å². The summed E-state index contributed by atoms with van der Waals surface area (Å²) in [6.07, 6.45) is 3.09. The van der Waals surface area contributed by atoms with Crippen LogP contribution in [0, 0.1) is 17.8 Å². The topological polar surface area (TPSA) is 161 Å². The van der Waals surface area contributed by atoms with Crippen LogP contribution in [-0.4, -0.2) is 68.5 Å². The van der Waals surface area contributed by atoms with Gasteiger partial charge in [0.15, 0.2) is 11.4 Å². The van der Waals surface area contributed by atoms with Crippen LogP contribution in [0.2, 0.25) is 0 Å². The fourth-order valence-corrected chi connectivity index (χ4v) is 7.31. The van der Waals surface area contributed by atoms with Gasteiger partial charge in [-0.25, -0.2) is 0 Å². The average Bonchev–Trinajstić information content (AvgIpc) is 2.95. The van der Waals surface area contributed by atoms with Crippen LogP contribution in [0.1, 0.15) is 49.8 Å². The van der Waals surface area contributed by atoms with E-state index in [0.29, 0.717) is 11.5 Å². The van der Waals surface area contributed by atoms with Crippen molar-refractivity contribution in [3.05, 3.63) is 82.1 Å². The monoisotopic (exact) mass is 600 g/mol. The highest BCUT2D eigenvalue weighted by Gasteiger charge is 2.64. The third kappa shape index (κ3) is 4.84. The molecule has 0 bridgehead atoms. The number of likely N-dealkylation sites (N-methyl/N-ethyl adjacent to an activating group) is 1. The van der Waals surface area contributed by atoms with Gasteiger partial charge in [0.1, 0.15) is 22.8 Å². The van der Waals surface area contributed by atoms with Gasteiger partial charge in [0.2, 0.25) is 5.78 Å². The first-order chi connectivity index (χ1) is 20.7. The molecule has 0 spiro atoms. The highest BCUT2D eigenvalue weighted by atomic mass is 16.3. The molecule has 5 atom stereocenters. The molecule has 0 heterocycles. The maximum atomic E-state index is 14.0. The number of hydrogen-bond acceptors (Lipinski definition) is 8. The summed E-state index contributed by atoms with van der Waals surface area (Å²) in [6, 6.07) is 10.1. The third-order valence-corrected chi connectivity index (χ3v) is 9.66. The highest BCUT2D eigenvalue weighted by molar-refractivity contribution is 6.24. The van der Waals surface area contributed by atoms with Gasteiger partial charge in [0.05, 0.1) is 11.6 Å². The maximum absolute atomic E-state index is 14.0. The Morgan fingerprint density at radius 2 is 1.77 bits per heavy atom. The molecule has 5 rings (SSSR count). The number of aromatic hydroxyl groups is 1. The minimum absolute atomic E-state index is 0.0398. The molecular weight excluding hydrogens is 560 g/mol. The van der Waals surface area contributed by atoms with Crippen molar-refractivity contribution >= 4 is 23.2 Å². The lowest BCUT2D eigenvalue weighted by atomic mass is 9.57. The first kappa shape index (κ1) is 31.2. The fraction of sp³-hybridized carbons (Fsp3) is 0.400. The van der Waals surface area contributed by atoms with E-state index in [1.165, 1.54) is 16.5 Å². The van der Waals surface area contributed by atoms with Crippen molar-refractivity contribution in [1.82, 2.24) is 4.90 Å². The molecule has 0 aromatic heterocycles. The number of amides is 1. The first-order valence-corrected chi connectivity index (χ1v) is 15.0. The first-order valence-electron chi connectivity index (χ1n) is 15.0. The number of hydrogen-bond donors (Lipinski definition) is 5. The van der Waals surface area contributed by atoms with Crippen molar-refractivity contribution in [3.63, 3.8) is 0 Å². The summed E-state index contributed by atoms with van der Waals surface area (Å²) in [5.74, 6) is -6.09. The third-order valence-electron chi connectivity index (χ3n) is 9.66. The van der Waals surface area contributed by atoms with E-state index in [1.54, 1.807) is 20.2 Å². The van der Waals surface area contributed by atoms with Gasteiger partial charge in [-0.1, -0.05) is 62.8 Å². The zero-order valence-electron chi connectivity index (χ0n) is 25.6. The van der Waals surface area contributed by atoms with Crippen molar-refractivity contribution in [2.75, 3.05) is 14.1 Å². The van der Waals surface area contributed by atoms with E-state index >= 15 is 0 Å². The number of ketones is 2. The quantitative estimate of drug-likeness (QED) is 0.223. The number of phenols is 1.